The SMILES string of the molecule is CCC(CC)c1nc2cc(C#N)ccc2n1CC(C)C. The maximum Gasteiger partial charge on any atom is 0.112 e. The summed E-state index contributed by atoms with van der Waals surface area (Å²) in [6.07, 6.45) is 2.20. The second-order valence-corrected chi connectivity index (χ2v) is 5.80. The van der Waals surface area contributed by atoms with E-state index in [0.29, 0.717) is 17.4 Å². The number of aromatic nitrogens is 2. The summed E-state index contributed by atoms with van der Waals surface area (Å²) in [5.41, 5.74) is 2.79. The molecule has 3 heteroatoms. The molecule has 0 unspecified atom stereocenters. The fourth-order valence-electron chi connectivity index (χ4n) is 2.74. The number of imidazole rings is 1. The van der Waals surface area contributed by atoms with Gasteiger partial charge in [-0.1, -0.05) is 27.7 Å². The number of nitrogens with zero attached hydrogens (tertiary/aromatic N) is 3. The van der Waals surface area contributed by atoms with Crippen LogP contribution in [0.5, 0.6) is 0 Å². The Bertz CT molecular complexity index is 627. The number of hydrogen-bond acceptors (Lipinski definition) is 2. The van der Waals surface area contributed by atoms with Gasteiger partial charge in [-0.05, 0) is 37.0 Å². The summed E-state index contributed by atoms with van der Waals surface area (Å²) in [6.45, 7) is 9.87. The van der Waals surface area contributed by atoms with Crippen LogP contribution in [0.3, 0.4) is 0 Å². The van der Waals surface area contributed by atoms with Gasteiger partial charge in [0.1, 0.15) is 5.82 Å². The lowest BCUT2D eigenvalue weighted by Gasteiger charge is -2.17. The lowest BCUT2D eigenvalue weighted by molar-refractivity contribution is 0.486. The Labute approximate surface area is 121 Å². The van der Waals surface area contributed by atoms with Crippen LogP contribution in [-0.2, 0) is 6.54 Å². The van der Waals surface area contributed by atoms with Crippen LogP contribution in [0.15, 0.2) is 18.2 Å². The molecule has 1 aromatic heterocycles. The van der Waals surface area contributed by atoms with E-state index < -0.39 is 0 Å². The van der Waals surface area contributed by atoms with Crippen molar-refractivity contribution in [2.24, 2.45) is 5.92 Å². The molecular formula is C17H23N3. The van der Waals surface area contributed by atoms with Gasteiger partial charge < -0.3 is 4.57 Å². The van der Waals surface area contributed by atoms with E-state index in [1.165, 1.54) is 5.82 Å². The van der Waals surface area contributed by atoms with Crippen LogP contribution in [0.1, 0.15) is 57.8 Å². The molecule has 2 rings (SSSR count). The minimum atomic E-state index is 0.492. The number of benzene rings is 1. The summed E-state index contributed by atoms with van der Waals surface area (Å²) in [5, 5.41) is 9.04. The molecule has 0 saturated heterocycles. The van der Waals surface area contributed by atoms with Gasteiger partial charge in [-0.15, -0.1) is 0 Å². The first-order valence-corrected chi connectivity index (χ1v) is 7.50. The third-order valence-corrected chi connectivity index (χ3v) is 3.81. The first-order valence-electron chi connectivity index (χ1n) is 7.50. The minimum Gasteiger partial charge on any atom is -0.327 e. The van der Waals surface area contributed by atoms with Crippen molar-refractivity contribution in [2.45, 2.75) is 53.0 Å². The minimum absolute atomic E-state index is 0.492. The quantitative estimate of drug-likeness (QED) is 0.803. The maximum absolute atomic E-state index is 9.04. The van der Waals surface area contributed by atoms with E-state index in [2.05, 4.69) is 38.3 Å². The molecule has 0 fully saturated rings. The second kappa shape index (κ2) is 6.09. The van der Waals surface area contributed by atoms with Gasteiger partial charge in [0.05, 0.1) is 22.7 Å². The first-order chi connectivity index (χ1) is 9.60. The normalized spacial score (nSPS) is 11.4. The van der Waals surface area contributed by atoms with Gasteiger partial charge >= 0.3 is 0 Å². The van der Waals surface area contributed by atoms with Crippen molar-refractivity contribution < 1.29 is 0 Å². The van der Waals surface area contributed by atoms with Crippen LogP contribution in [0.2, 0.25) is 0 Å². The second-order valence-electron chi connectivity index (χ2n) is 5.80. The molecule has 0 aliphatic carbocycles. The van der Waals surface area contributed by atoms with E-state index in [0.717, 1.165) is 30.4 Å². The van der Waals surface area contributed by atoms with Crippen molar-refractivity contribution in [3.8, 4) is 6.07 Å². The molecule has 0 saturated carbocycles. The molecule has 20 heavy (non-hydrogen) atoms. The fraction of sp³-hybridized carbons (Fsp3) is 0.529. The predicted octanol–water partition coefficient (Wildman–Crippen LogP) is 4.47. The molecule has 0 aliphatic rings. The van der Waals surface area contributed by atoms with Crippen LogP contribution in [-0.4, -0.2) is 9.55 Å². The topological polar surface area (TPSA) is 41.6 Å². The maximum atomic E-state index is 9.04. The highest BCUT2D eigenvalue weighted by Gasteiger charge is 2.18. The summed E-state index contributed by atoms with van der Waals surface area (Å²) in [4.78, 5) is 4.83. The molecule has 0 radical (unpaired) electrons. The van der Waals surface area contributed by atoms with Crippen LogP contribution in [0.4, 0.5) is 0 Å². The lowest BCUT2D eigenvalue weighted by atomic mass is 10.0. The van der Waals surface area contributed by atoms with Gasteiger partial charge in [-0.3, -0.25) is 0 Å². The van der Waals surface area contributed by atoms with Crippen LogP contribution < -0.4 is 0 Å². The molecule has 0 amide bonds. The summed E-state index contributed by atoms with van der Waals surface area (Å²) >= 11 is 0. The van der Waals surface area contributed by atoms with Gasteiger partial charge in [-0.2, -0.15) is 5.26 Å². The summed E-state index contributed by atoms with van der Waals surface area (Å²) in [5.74, 6) is 2.25. The van der Waals surface area contributed by atoms with Gasteiger partial charge in [-0.25, -0.2) is 4.98 Å². The number of nitriles is 1. The van der Waals surface area contributed by atoms with E-state index in [1.807, 2.05) is 18.2 Å². The van der Waals surface area contributed by atoms with E-state index in [-0.39, 0.29) is 0 Å². The molecule has 0 aliphatic heterocycles. The van der Waals surface area contributed by atoms with Gasteiger partial charge in [0, 0.05) is 12.5 Å². The largest absolute Gasteiger partial charge is 0.327 e. The van der Waals surface area contributed by atoms with Gasteiger partial charge in [0.15, 0.2) is 0 Å². The molecule has 2 aromatic rings. The fourth-order valence-corrected chi connectivity index (χ4v) is 2.74. The zero-order valence-corrected chi connectivity index (χ0v) is 12.8. The predicted molar refractivity (Wildman–Crippen MR) is 82.6 cm³/mol. The first kappa shape index (κ1) is 14.6. The molecule has 0 N–H and O–H groups in total. The van der Waals surface area contributed by atoms with E-state index >= 15 is 0 Å². The number of fused-ring (bicyclic) bond motifs is 1. The zero-order chi connectivity index (χ0) is 14.7. The number of hydrogen-bond donors (Lipinski definition) is 0. The Morgan fingerprint density at radius 2 is 1.95 bits per heavy atom. The smallest absolute Gasteiger partial charge is 0.112 e. The Morgan fingerprint density at radius 3 is 2.50 bits per heavy atom. The third kappa shape index (κ3) is 2.70. The van der Waals surface area contributed by atoms with Crippen molar-refractivity contribution in [1.82, 2.24) is 9.55 Å². The Kier molecular flexibility index (Phi) is 4.44. The molecule has 1 aromatic carbocycles. The van der Waals surface area contributed by atoms with E-state index in [9.17, 15) is 0 Å². The van der Waals surface area contributed by atoms with Crippen LogP contribution >= 0.6 is 0 Å². The highest BCUT2D eigenvalue weighted by atomic mass is 15.1. The molecule has 106 valence electrons. The van der Waals surface area contributed by atoms with E-state index in [1.54, 1.807) is 0 Å². The number of rotatable bonds is 5. The molecular weight excluding hydrogens is 246 g/mol. The van der Waals surface area contributed by atoms with Crippen molar-refractivity contribution in [1.29, 1.82) is 5.26 Å². The Balaban J connectivity index is 2.62. The van der Waals surface area contributed by atoms with Crippen molar-refractivity contribution in [3.63, 3.8) is 0 Å². The molecule has 1 heterocycles. The molecule has 0 spiro atoms. The standard InChI is InChI=1S/C17H23N3/c1-5-14(6-2)17-19-15-9-13(10-18)7-8-16(15)20(17)11-12(3)4/h7-9,12,14H,5-6,11H2,1-4H3. The zero-order valence-electron chi connectivity index (χ0n) is 12.8. The third-order valence-electron chi connectivity index (χ3n) is 3.81. The van der Waals surface area contributed by atoms with Crippen LogP contribution in [0, 0.1) is 17.2 Å². The van der Waals surface area contributed by atoms with Gasteiger partial charge in [0.25, 0.3) is 0 Å². The summed E-state index contributed by atoms with van der Waals surface area (Å²) in [7, 11) is 0. The van der Waals surface area contributed by atoms with Crippen molar-refractivity contribution in [3.05, 3.63) is 29.6 Å². The highest BCUT2D eigenvalue weighted by Crippen LogP contribution is 2.28. The average Bonchev–Trinajstić information content (AvgIpc) is 2.77. The molecule has 0 bridgehead atoms. The lowest BCUT2D eigenvalue weighted by Crippen LogP contribution is -2.11. The van der Waals surface area contributed by atoms with E-state index in [4.69, 9.17) is 10.2 Å². The van der Waals surface area contributed by atoms with Crippen LogP contribution in [0.25, 0.3) is 11.0 Å². The Hall–Kier alpha value is -1.82. The van der Waals surface area contributed by atoms with Crippen molar-refractivity contribution in [2.75, 3.05) is 0 Å². The molecule has 3 nitrogen and oxygen atoms in total. The van der Waals surface area contributed by atoms with Gasteiger partial charge in [0.2, 0.25) is 0 Å². The monoisotopic (exact) mass is 269 g/mol. The van der Waals surface area contributed by atoms with Crippen molar-refractivity contribution >= 4 is 11.0 Å². The summed E-state index contributed by atoms with van der Waals surface area (Å²) in [6, 6.07) is 8.02. The molecule has 0 atom stereocenters. The Morgan fingerprint density at radius 1 is 1.25 bits per heavy atom. The highest BCUT2D eigenvalue weighted by molar-refractivity contribution is 5.78. The summed E-state index contributed by atoms with van der Waals surface area (Å²) < 4.78 is 2.35. The average molecular weight is 269 g/mol.